The lowest BCUT2D eigenvalue weighted by Gasteiger charge is -2.18. The third kappa shape index (κ3) is 3.01. The number of benzene rings is 1. The first-order valence-corrected chi connectivity index (χ1v) is 7.00. The number of hydrogen-bond acceptors (Lipinski definition) is 0. The molecule has 0 unspecified atom stereocenters. The van der Waals surface area contributed by atoms with Gasteiger partial charge in [-0.25, -0.2) is 0 Å². The summed E-state index contributed by atoms with van der Waals surface area (Å²) in [5, 5.41) is 0. The standard InChI is InChI=1S/C19H27/c1-11(2)12(3)10-13(4)19-17(8)15(6)14(5)16(7)18(19)9/h1-9H3. The number of hydrogen-bond donors (Lipinski definition) is 0. The molecule has 0 aromatic heterocycles. The number of rotatable bonds is 2. The van der Waals surface area contributed by atoms with E-state index < -0.39 is 0 Å². The van der Waals surface area contributed by atoms with Gasteiger partial charge in [0.25, 0.3) is 0 Å². The van der Waals surface area contributed by atoms with Gasteiger partial charge in [-0.15, -0.1) is 5.73 Å². The molecule has 19 heavy (non-hydrogen) atoms. The molecule has 0 saturated heterocycles. The summed E-state index contributed by atoms with van der Waals surface area (Å²) in [6, 6.07) is 0. The molecule has 0 fully saturated rings. The van der Waals surface area contributed by atoms with Crippen molar-refractivity contribution in [2.45, 2.75) is 62.3 Å². The quantitative estimate of drug-likeness (QED) is 0.587. The van der Waals surface area contributed by atoms with Gasteiger partial charge in [0.05, 0.1) is 0 Å². The largest absolute Gasteiger partial charge is 0.118 e. The Hall–Kier alpha value is -1.26. The minimum atomic E-state index is 1.24. The fraction of sp³-hybridized carbons (Fsp3) is 0.474. The van der Waals surface area contributed by atoms with E-state index in [1.165, 1.54) is 50.4 Å². The van der Waals surface area contributed by atoms with Gasteiger partial charge in [-0.05, 0) is 93.0 Å². The molecule has 103 valence electrons. The minimum Gasteiger partial charge on any atom is -0.118 e. The molecular weight excluding hydrogens is 228 g/mol. The Morgan fingerprint density at radius 3 is 1.37 bits per heavy atom. The predicted molar refractivity (Wildman–Crippen MR) is 86.5 cm³/mol. The summed E-state index contributed by atoms with van der Waals surface area (Å²) in [4.78, 5) is 0. The third-order valence-electron chi connectivity index (χ3n) is 4.50. The fourth-order valence-electron chi connectivity index (χ4n) is 2.53. The molecule has 0 N–H and O–H groups in total. The molecule has 1 aromatic carbocycles. The highest BCUT2D eigenvalue weighted by molar-refractivity contribution is 5.72. The Balaban J connectivity index is 3.67. The average molecular weight is 255 g/mol. The summed E-state index contributed by atoms with van der Waals surface area (Å²) >= 11 is 0. The van der Waals surface area contributed by atoms with Crippen molar-refractivity contribution < 1.29 is 0 Å². The van der Waals surface area contributed by atoms with Crippen molar-refractivity contribution in [3.8, 4) is 0 Å². The topological polar surface area (TPSA) is 0 Å². The molecule has 0 saturated carbocycles. The molecule has 0 atom stereocenters. The second-order valence-electron chi connectivity index (χ2n) is 5.88. The van der Waals surface area contributed by atoms with E-state index in [1.807, 2.05) is 0 Å². The monoisotopic (exact) mass is 255 g/mol. The lowest BCUT2D eigenvalue weighted by molar-refractivity contribution is 1.11. The van der Waals surface area contributed by atoms with Crippen molar-refractivity contribution in [3.05, 3.63) is 50.6 Å². The normalized spacial score (nSPS) is 10.6. The van der Waals surface area contributed by atoms with E-state index in [2.05, 4.69) is 68.0 Å². The first-order valence-electron chi connectivity index (χ1n) is 7.00. The Bertz CT molecular complexity index is 533. The van der Waals surface area contributed by atoms with Crippen LogP contribution in [0.1, 0.15) is 61.1 Å². The van der Waals surface area contributed by atoms with Gasteiger partial charge in [-0.2, -0.15) is 0 Å². The molecule has 1 aromatic rings. The molecule has 0 heterocycles. The third-order valence-corrected chi connectivity index (χ3v) is 4.50. The van der Waals surface area contributed by atoms with Gasteiger partial charge in [-0.1, -0.05) is 13.8 Å². The van der Waals surface area contributed by atoms with Crippen LogP contribution < -0.4 is 0 Å². The maximum Gasteiger partial charge on any atom is 0.00227 e. The summed E-state index contributed by atoms with van der Waals surface area (Å²) in [6.45, 7) is 19.7. The summed E-state index contributed by atoms with van der Waals surface area (Å²) in [5.74, 6) is 1.33. The Morgan fingerprint density at radius 1 is 0.632 bits per heavy atom. The SMILES string of the molecule is C[C](C)C(C)=C=C(C)c1c(C)c(C)c(C)c(C)c1C. The first-order chi connectivity index (χ1) is 8.68. The van der Waals surface area contributed by atoms with Gasteiger partial charge in [-0.3, -0.25) is 0 Å². The van der Waals surface area contributed by atoms with Gasteiger partial charge in [0.15, 0.2) is 0 Å². The van der Waals surface area contributed by atoms with Crippen LogP contribution in [0.4, 0.5) is 0 Å². The Labute approximate surface area is 119 Å². The maximum atomic E-state index is 3.55. The van der Waals surface area contributed by atoms with Crippen molar-refractivity contribution in [2.75, 3.05) is 0 Å². The zero-order valence-corrected chi connectivity index (χ0v) is 14.0. The van der Waals surface area contributed by atoms with Gasteiger partial charge in [0, 0.05) is 5.92 Å². The molecule has 0 aliphatic heterocycles. The van der Waals surface area contributed by atoms with Crippen LogP contribution >= 0.6 is 0 Å². The molecule has 0 amide bonds. The van der Waals surface area contributed by atoms with E-state index in [0.29, 0.717) is 0 Å². The van der Waals surface area contributed by atoms with E-state index in [4.69, 9.17) is 0 Å². The van der Waals surface area contributed by atoms with E-state index in [-0.39, 0.29) is 0 Å². The van der Waals surface area contributed by atoms with Crippen molar-refractivity contribution in [1.29, 1.82) is 0 Å². The minimum absolute atomic E-state index is 1.24. The zero-order chi connectivity index (χ0) is 14.9. The second kappa shape index (κ2) is 5.80. The van der Waals surface area contributed by atoms with E-state index >= 15 is 0 Å². The fourth-order valence-corrected chi connectivity index (χ4v) is 2.53. The zero-order valence-electron chi connectivity index (χ0n) is 14.0. The van der Waals surface area contributed by atoms with Gasteiger partial charge in [0.1, 0.15) is 0 Å². The first kappa shape index (κ1) is 15.8. The highest BCUT2D eigenvalue weighted by Gasteiger charge is 2.13. The van der Waals surface area contributed by atoms with Crippen molar-refractivity contribution in [1.82, 2.24) is 0 Å². The molecule has 1 radical (unpaired) electrons. The molecule has 0 nitrogen and oxygen atoms in total. The van der Waals surface area contributed by atoms with Gasteiger partial charge < -0.3 is 0 Å². The van der Waals surface area contributed by atoms with E-state index in [9.17, 15) is 0 Å². The van der Waals surface area contributed by atoms with Crippen LogP contribution in [0.3, 0.4) is 0 Å². The smallest absolute Gasteiger partial charge is 0.00227 e. The summed E-state index contributed by atoms with van der Waals surface area (Å²) in [5.41, 5.74) is 14.5. The predicted octanol–water partition coefficient (Wildman–Crippen LogP) is 5.79. The average Bonchev–Trinajstić information content (AvgIpc) is 2.34. The summed E-state index contributed by atoms with van der Waals surface area (Å²) in [7, 11) is 0. The molecule has 0 aliphatic rings. The van der Waals surface area contributed by atoms with Gasteiger partial charge >= 0.3 is 0 Å². The van der Waals surface area contributed by atoms with E-state index in [0.717, 1.165) is 0 Å². The lowest BCUT2D eigenvalue weighted by Crippen LogP contribution is -2.01. The van der Waals surface area contributed by atoms with Crippen LogP contribution in [0.15, 0.2) is 11.3 Å². The molecule has 0 spiro atoms. The molecule has 0 bridgehead atoms. The van der Waals surface area contributed by atoms with Crippen LogP contribution in [0.2, 0.25) is 0 Å². The van der Waals surface area contributed by atoms with Gasteiger partial charge in [0.2, 0.25) is 0 Å². The highest BCUT2D eigenvalue weighted by Crippen LogP contribution is 2.30. The Morgan fingerprint density at radius 2 is 1.00 bits per heavy atom. The summed E-state index contributed by atoms with van der Waals surface area (Å²) < 4.78 is 0. The van der Waals surface area contributed by atoms with Crippen molar-refractivity contribution in [2.24, 2.45) is 0 Å². The van der Waals surface area contributed by atoms with Crippen LogP contribution in [-0.2, 0) is 0 Å². The van der Waals surface area contributed by atoms with Crippen LogP contribution in [0.25, 0.3) is 5.57 Å². The second-order valence-corrected chi connectivity index (χ2v) is 5.88. The van der Waals surface area contributed by atoms with Crippen LogP contribution in [0, 0.1) is 40.5 Å². The van der Waals surface area contributed by atoms with E-state index in [1.54, 1.807) is 0 Å². The molecule has 1 rings (SSSR count). The number of allylic oxidation sites excluding steroid dienone is 1. The van der Waals surface area contributed by atoms with Crippen molar-refractivity contribution >= 4 is 5.57 Å². The summed E-state index contributed by atoms with van der Waals surface area (Å²) in [6.07, 6.45) is 0. The van der Waals surface area contributed by atoms with Crippen LogP contribution in [0.5, 0.6) is 0 Å². The molecule has 0 heteroatoms. The molecule has 0 aliphatic carbocycles. The lowest BCUT2D eigenvalue weighted by atomic mass is 9.86. The highest BCUT2D eigenvalue weighted by atomic mass is 14.2. The Kier molecular flexibility index (Phi) is 4.82. The van der Waals surface area contributed by atoms with Crippen molar-refractivity contribution in [3.63, 3.8) is 0 Å². The molecular formula is C19H27. The van der Waals surface area contributed by atoms with Crippen LogP contribution in [-0.4, -0.2) is 0 Å². The maximum absolute atomic E-state index is 3.55.